The van der Waals surface area contributed by atoms with Gasteiger partial charge in [-0.15, -0.1) is 0 Å². The molecule has 1 N–H and O–H groups in total. The molecular formula is C19H18Cl2N2S. The zero-order chi connectivity index (χ0) is 16.8. The van der Waals surface area contributed by atoms with Crippen LogP contribution in [0.5, 0.6) is 0 Å². The molecule has 0 bridgehead atoms. The van der Waals surface area contributed by atoms with Gasteiger partial charge in [0, 0.05) is 5.75 Å². The molecule has 0 spiro atoms. The lowest BCUT2D eigenvalue weighted by atomic mass is 10.0. The molecule has 0 amide bonds. The molecule has 1 aliphatic rings. The quantitative estimate of drug-likeness (QED) is 0.709. The molecule has 0 fully saturated rings. The third kappa shape index (κ3) is 4.56. The standard InChI is InChI=1S/C19H18Cl2N2S/c20-16-10-5-9-15(18(16)21)17(23-19-22-12-13-24-19)11-4-8-14-6-2-1-3-7-14/h1-10,17H,11-13H2,(H,22,23). The van der Waals surface area contributed by atoms with Crippen molar-refractivity contribution in [2.75, 3.05) is 12.3 Å². The number of hydrogen-bond donors (Lipinski definition) is 1. The van der Waals surface area contributed by atoms with Crippen molar-refractivity contribution >= 4 is 46.2 Å². The SMILES string of the molecule is Clc1cccc(C(CC=Cc2ccccc2)NC2=NCCS2)c1Cl. The highest BCUT2D eigenvalue weighted by Gasteiger charge is 2.18. The van der Waals surface area contributed by atoms with Gasteiger partial charge in [0.25, 0.3) is 0 Å². The van der Waals surface area contributed by atoms with Crippen molar-refractivity contribution in [2.45, 2.75) is 12.5 Å². The third-order valence-electron chi connectivity index (χ3n) is 3.72. The van der Waals surface area contributed by atoms with E-state index < -0.39 is 0 Å². The maximum Gasteiger partial charge on any atom is 0.157 e. The lowest BCUT2D eigenvalue weighted by Gasteiger charge is -2.20. The normalized spacial score (nSPS) is 15.5. The molecule has 0 aromatic heterocycles. The van der Waals surface area contributed by atoms with Gasteiger partial charge < -0.3 is 5.32 Å². The highest BCUT2D eigenvalue weighted by Crippen LogP contribution is 2.32. The maximum atomic E-state index is 6.43. The zero-order valence-electron chi connectivity index (χ0n) is 13.1. The Morgan fingerprint density at radius 2 is 1.96 bits per heavy atom. The molecule has 124 valence electrons. The topological polar surface area (TPSA) is 24.4 Å². The van der Waals surface area contributed by atoms with Crippen LogP contribution in [0.2, 0.25) is 10.0 Å². The summed E-state index contributed by atoms with van der Waals surface area (Å²) >= 11 is 14.4. The van der Waals surface area contributed by atoms with E-state index in [1.54, 1.807) is 11.8 Å². The van der Waals surface area contributed by atoms with Gasteiger partial charge in [0.05, 0.1) is 22.6 Å². The summed E-state index contributed by atoms with van der Waals surface area (Å²) in [6, 6.07) is 16.1. The monoisotopic (exact) mass is 376 g/mol. The van der Waals surface area contributed by atoms with Gasteiger partial charge in [-0.2, -0.15) is 0 Å². The van der Waals surface area contributed by atoms with Crippen LogP contribution >= 0.6 is 35.0 Å². The van der Waals surface area contributed by atoms with Crippen molar-refractivity contribution in [3.05, 3.63) is 75.8 Å². The Morgan fingerprint density at radius 3 is 2.71 bits per heavy atom. The molecule has 1 aliphatic heterocycles. The molecule has 1 heterocycles. The van der Waals surface area contributed by atoms with Crippen LogP contribution in [0.25, 0.3) is 6.08 Å². The summed E-state index contributed by atoms with van der Waals surface area (Å²) < 4.78 is 0. The van der Waals surface area contributed by atoms with E-state index in [1.165, 1.54) is 5.56 Å². The van der Waals surface area contributed by atoms with Gasteiger partial charge in [0.15, 0.2) is 5.17 Å². The van der Waals surface area contributed by atoms with Gasteiger partial charge in [-0.05, 0) is 23.6 Å². The van der Waals surface area contributed by atoms with Crippen molar-refractivity contribution in [2.24, 2.45) is 4.99 Å². The van der Waals surface area contributed by atoms with Crippen molar-refractivity contribution in [3.8, 4) is 0 Å². The van der Waals surface area contributed by atoms with Crippen molar-refractivity contribution in [1.29, 1.82) is 0 Å². The first-order chi connectivity index (χ1) is 11.7. The van der Waals surface area contributed by atoms with E-state index in [0.29, 0.717) is 10.0 Å². The number of hydrogen-bond acceptors (Lipinski definition) is 3. The number of thioether (sulfide) groups is 1. The van der Waals surface area contributed by atoms with E-state index in [0.717, 1.165) is 29.4 Å². The van der Waals surface area contributed by atoms with Crippen LogP contribution in [0.1, 0.15) is 23.6 Å². The van der Waals surface area contributed by atoms with Crippen LogP contribution in [0.3, 0.4) is 0 Å². The van der Waals surface area contributed by atoms with Crippen molar-refractivity contribution < 1.29 is 0 Å². The molecule has 2 aromatic carbocycles. The van der Waals surface area contributed by atoms with Gasteiger partial charge in [0.1, 0.15) is 0 Å². The lowest BCUT2D eigenvalue weighted by molar-refractivity contribution is 0.664. The van der Waals surface area contributed by atoms with E-state index in [1.807, 2.05) is 36.4 Å². The fraction of sp³-hybridized carbons (Fsp3) is 0.211. The second kappa shape index (κ2) is 8.61. The fourth-order valence-electron chi connectivity index (χ4n) is 2.53. The van der Waals surface area contributed by atoms with Crippen molar-refractivity contribution in [1.82, 2.24) is 5.32 Å². The molecule has 2 aromatic rings. The second-order valence-electron chi connectivity index (χ2n) is 5.42. The summed E-state index contributed by atoms with van der Waals surface area (Å²) in [5, 5.41) is 5.66. The molecule has 0 radical (unpaired) electrons. The lowest BCUT2D eigenvalue weighted by Crippen LogP contribution is -2.25. The summed E-state index contributed by atoms with van der Waals surface area (Å²) in [6.45, 7) is 0.864. The Balaban J connectivity index is 1.79. The molecule has 1 unspecified atom stereocenters. The van der Waals surface area contributed by atoms with E-state index in [-0.39, 0.29) is 6.04 Å². The Bertz CT molecular complexity index is 744. The number of nitrogens with one attached hydrogen (secondary N) is 1. The van der Waals surface area contributed by atoms with Gasteiger partial charge in [-0.25, -0.2) is 0 Å². The van der Waals surface area contributed by atoms with Gasteiger partial charge in [0.2, 0.25) is 0 Å². The molecule has 3 rings (SSSR count). The Kier molecular flexibility index (Phi) is 6.24. The van der Waals surface area contributed by atoms with E-state index in [2.05, 4.69) is 34.6 Å². The summed E-state index contributed by atoms with van der Waals surface area (Å²) in [7, 11) is 0. The van der Waals surface area contributed by atoms with Crippen molar-refractivity contribution in [3.63, 3.8) is 0 Å². The highest BCUT2D eigenvalue weighted by molar-refractivity contribution is 8.14. The smallest absolute Gasteiger partial charge is 0.157 e. The third-order valence-corrected chi connectivity index (χ3v) is 5.46. The molecular weight excluding hydrogens is 359 g/mol. The number of nitrogens with zero attached hydrogens (tertiary/aromatic N) is 1. The summed E-state index contributed by atoms with van der Waals surface area (Å²) in [5.74, 6) is 1.03. The Morgan fingerprint density at radius 1 is 1.12 bits per heavy atom. The minimum atomic E-state index is 0.0421. The predicted molar refractivity (Wildman–Crippen MR) is 107 cm³/mol. The predicted octanol–water partition coefficient (Wildman–Crippen LogP) is 5.83. The minimum absolute atomic E-state index is 0.0421. The summed E-state index contributed by atoms with van der Waals surface area (Å²) in [4.78, 5) is 4.49. The van der Waals surface area contributed by atoms with Gasteiger partial charge in [-0.3, -0.25) is 4.99 Å². The second-order valence-corrected chi connectivity index (χ2v) is 7.29. The molecule has 0 saturated heterocycles. The molecule has 24 heavy (non-hydrogen) atoms. The number of benzene rings is 2. The molecule has 1 atom stereocenters. The van der Waals surface area contributed by atoms with Crippen LogP contribution in [0, 0.1) is 0 Å². The number of halogens is 2. The largest absolute Gasteiger partial charge is 0.358 e. The molecule has 5 heteroatoms. The van der Waals surface area contributed by atoms with Gasteiger partial charge in [-0.1, -0.05) is 89.6 Å². The first-order valence-electron chi connectivity index (χ1n) is 7.83. The fourth-order valence-corrected chi connectivity index (χ4v) is 3.75. The van der Waals surface area contributed by atoms with Gasteiger partial charge >= 0.3 is 0 Å². The van der Waals surface area contributed by atoms with Crippen LogP contribution in [0.15, 0.2) is 59.6 Å². The average molecular weight is 377 g/mol. The molecule has 0 saturated carbocycles. The molecule has 2 nitrogen and oxygen atoms in total. The minimum Gasteiger partial charge on any atom is -0.358 e. The average Bonchev–Trinajstić information content (AvgIpc) is 3.11. The first-order valence-corrected chi connectivity index (χ1v) is 9.57. The van der Waals surface area contributed by atoms with Crippen LogP contribution in [-0.4, -0.2) is 17.5 Å². The molecule has 0 aliphatic carbocycles. The highest BCUT2D eigenvalue weighted by atomic mass is 35.5. The van der Waals surface area contributed by atoms with Crippen LogP contribution < -0.4 is 5.32 Å². The van der Waals surface area contributed by atoms with Crippen LogP contribution in [-0.2, 0) is 0 Å². The Labute approximate surface area is 157 Å². The Hall–Kier alpha value is -1.42. The zero-order valence-corrected chi connectivity index (χ0v) is 15.4. The summed E-state index contributed by atoms with van der Waals surface area (Å²) in [6.07, 6.45) is 5.08. The van der Waals surface area contributed by atoms with E-state index >= 15 is 0 Å². The number of amidine groups is 1. The first kappa shape index (κ1) is 17.4. The maximum absolute atomic E-state index is 6.43. The number of rotatable bonds is 5. The van der Waals surface area contributed by atoms with E-state index in [4.69, 9.17) is 23.2 Å². The van der Waals surface area contributed by atoms with Crippen LogP contribution in [0.4, 0.5) is 0 Å². The summed E-state index contributed by atoms with van der Waals surface area (Å²) in [5.41, 5.74) is 2.18. The van der Waals surface area contributed by atoms with E-state index in [9.17, 15) is 0 Å². The number of aliphatic imine (C=N–C) groups is 1.